The fourth-order valence-corrected chi connectivity index (χ4v) is 2.87. The summed E-state index contributed by atoms with van der Waals surface area (Å²) in [5.74, 6) is 0. The van der Waals surface area contributed by atoms with E-state index < -0.39 is 0 Å². The first kappa shape index (κ1) is 13.6. The molecule has 1 aromatic carbocycles. The van der Waals surface area contributed by atoms with Crippen molar-refractivity contribution in [2.75, 3.05) is 6.54 Å². The molecule has 0 amide bonds. The molecule has 0 spiro atoms. The molecule has 2 nitrogen and oxygen atoms in total. The predicted octanol–water partition coefficient (Wildman–Crippen LogP) is 3.30. The molecule has 1 aromatic rings. The molecule has 18 heavy (non-hydrogen) atoms. The SMILES string of the molecule is CCCCCCC(CN)N1Cc2ccccc2C1. The van der Waals surface area contributed by atoms with E-state index in [-0.39, 0.29) is 0 Å². The van der Waals surface area contributed by atoms with Crippen LogP contribution in [0, 0.1) is 0 Å². The van der Waals surface area contributed by atoms with Crippen LogP contribution in [0.15, 0.2) is 24.3 Å². The number of rotatable bonds is 7. The van der Waals surface area contributed by atoms with Crippen molar-refractivity contribution < 1.29 is 0 Å². The molecule has 0 saturated heterocycles. The van der Waals surface area contributed by atoms with Gasteiger partial charge in [0, 0.05) is 25.7 Å². The third-order valence-corrected chi connectivity index (χ3v) is 4.04. The van der Waals surface area contributed by atoms with Crippen LogP contribution < -0.4 is 5.73 Å². The lowest BCUT2D eigenvalue weighted by molar-refractivity contribution is 0.190. The van der Waals surface area contributed by atoms with Crippen molar-refractivity contribution >= 4 is 0 Å². The minimum absolute atomic E-state index is 0.564. The third kappa shape index (κ3) is 3.33. The maximum absolute atomic E-state index is 5.96. The average molecular weight is 246 g/mol. The van der Waals surface area contributed by atoms with E-state index in [0.717, 1.165) is 19.6 Å². The highest BCUT2D eigenvalue weighted by Gasteiger charge is 2.24. The Hall–Kier alpha value is -0.860. The minimum atomic E-state index is 0.564. The Morgan fingerprint density at radius 2 is 1.78 bits per heavy atom. The van der Waals surface area contributed by atoms with E-state index in [9.17, 15) is 0 Å². The largest absolute Gasteiger partial charge is 0.329 e. The molecule has 2 heteroatoms. The Labute approximate surface area is 111 Å². The smallest absolute Gasteiger partial charge is 0.0244 e. The molecular formula is C16H26N2. The molecule has 2 N–H and O–H groups in total. The molecule has 1 aliphatic rings. The molecule has 0 fully saturated rings. The van der Waals surface area contributed by atoms with Gasteiger partial charge in [0.25, 0.3) is 0 Å². The highest BCUT2D eigenvalue weighted by atomic mass is 15.2. The summed E-state index contributed by atoms with van der Waals surface area (Å²) in [5, 5.41) is 0. The van der Waals surface area contributed by atoms with E-state index in [2.05, 4.69) is 36.1 Å². The van der Waals surface area contributed by atoms with Crippen molar-refractivity contribution in [1.29, 1.82) is 0 Å². The zero-order valence-electron chi connectivity index (χ0n) is 11.6. The van der Waals surface area contributed by atoms with Crippen molar-refractivity contribution in [2.24, 2.45) is 5.73 Å². The van der Waals surface area contributed by atoms with Gasteiger partial charge < -0.3 is 5.73 Å². The molecule has 1 aliphatic heterocycles. The van der Waals surface area contributed by atoms with Gasteiger partial charge in [0.05, 0.1) is 0 Å². The van der Waals surface area contributed by atoms with Gasteiger partial charge in [-0.25, -0.2) is 0 Å². The number of hydrogen-bond donors (Lipinski definition) is 1. The summed E-state index contributed by atoms with van der Waals surface area (Å²) in [5.41, 5.74) is 8.94. The van der Waals surface area contributed by atoms with Crippen LogP contribution in [0.4, 0.5) is 0 Å². The van der Waals surface area contributed by atoms with Gasteiger partial charge in [0.2, 0.25) is 0 Å². The Kier molecular flexibility index (Phi) is 5.21. The first-order chi connectivity index (χ1) is 8.85. The van der Waals surface area contributed by atoms with Crippen LogP contribution in [0.3, 0.4) is 0 Å². The lowest BCUT2D eigenvalue weighted by Gasteiger charge is -2.26. The molecule has 2 rings (SSSR count). The van der Waals surface area contributed by atoms with Gasteiger partial charge in [0.1, 0.15) is 0 Å². The predicted molar refractivity (Wildman–Crippen MR) is 77.3 cm³/mol. The van der Waals surface area contributed by atoms with E-state index in [1.807, 2.05) is 0 Å². The first-order valence-corrected chi connectivity index (χ1v) is 7.36. The van der Waals surface area contributed by atoms with Crippen LogP contribution >= 0.6 is 0 Å². The summed E-state index contributed by atoms with van der Waals surface area (Å²) < 4.78 is 0. The van der Waals surface area contributed by atoms with Gasteiger partial charge >= 0.3 is 0 Å². The Morgan fingerprint density at radius 1 is 1.11 bits per heavy atom. The van der Waals surface area contributed by atoms with Crippen molar-refractivity contribution in [1.82, 2.24) is 4.90 Å². The first-order valence-electron chi connectivity index (χ1n) is 7.36. The van der Waals surface area contributed by atoms with Crippen LogP contribution in [0.5, 0.6) is 0 Å². The zero-order chi connectivity index (χ0) is 12.8. The van der Waals surface area contributed by atoms with Crippen LogP contribution in [0.25, 0.3) is 0 Å². The van der Waals surface area contributed by atoms with E-state index >= 15 is 0 Å². The van der Waals surface area contributed by atoms with E-state index in [0.29, 0.717) is 6.04 Å². The Balaban J connectivity index is 1.84. The average Bonchev–Trinajstić information content (AvgIpc) is 2.82. The minimum Gasteiger partial charge on any atom is -0.329 e. The van der Waals surface area contributed by atoms with Gasteiger partial charge in [-0.3, -0.25) is 4.90 Å². The summed E-state index contributed by atoms with van der Waals surface area (Å²) in [6.07, 6.45) is 6.60. The summed E-state index contributed by atoms with van der Waals surface area (Å²) in [7, 11) is 0. The fraction of sp³-hybridized carbons (Fsp3) is 0.625. The van der Waals surface area contributed by atoms with E-state index in [1.165, 1.54) is 43.2 Å². The second-order valence-electron chi connectivity index (χ2n) is 5.41. The molecule has 1 unspecified atom stereocenters. The summed E-state index contributed by atoms with van der Waals surface area (Å²) in [6.45, 7) is 5.23. The molecule has 0 saturated carbocycles. The number of nitrogens with zero attached hydrogens (tertiary/aromatic N) is 1. The molecule has 0 aliphatic carbocycles. The van der Waals surface area contributed by atoms with Gasteiger partial charge in [-0.1, -0.05) is 56.9 Å². The van der Waals surface area contributed by atoms with Crippen molar-refractivity contribution in [3.63, 3.8) is 0 Å². The number of benzene rings is 1. The normalized spacial score (nSPS) is 16.8. The molecule has 1 heterocycles. The van der Waals surface area contributed by atoms with Gasteiger partial charge in [0.15, 0.2) is 0 Å². The summed E-state index contributed by atoms with van der Waals surface area (Å²) in [6, 6.07) is 9.34. The van der Waals surface area contributed by atoms with Gasteiger partial charge in [-0.05, 0) is 17.5 Å². The Bertz CT molecular complexity index is 337. The van der Waals surface area contributed by atoms with Crippen molar-refractivity contribution in [3.8, 4) is 0 Å². The third-order valence-electron chi connectivity index (χ3n) is 4.04. The van der Waals surface area contributed by atoms with Crippen LogP contribution in [0.2, 0.25) is 0 Å². The molecule has 0 radical (unpaired) electrons. The van der Waals surface area contributed by atoms with Crippen LogP contribution in [-0.4, -0.2) is 17.5 Å². The molecule has 1 atom stereocenters. The van der Waals surface area contributed by atoms with Crippen LogP contribution in [-0.2, 0) is 13.1 Å². The highest BCUT2D eigenvalue weighted by molar-refractivity contribution is 5.30. The lowest BCUT2D eigenvalue weighted by Crippen LogP contribution is -2.37. The molecular weight excluding hydrogens is 220 g/mol. The Morgan fingerprint density at radius 3 is 2.33 bits per heavy atom. The zero-order valence-corrected chi connectivity index (χ0v) is 11.6. The standard InChI is InChI=1S/C16H26N2/c1-2-3-4-5-10-16(11-17)18-12-14-8-6-7-9-15(14)13-18/h6-9,16H,2-5,10-13,17H2,1H3. The fourth-order valence-electron chi connectivity index (χ4n) is 2.87. The van der Waals surface area contributed by atoms with Gasteiger partial charge in [-0.15, -0.1) is 0 Å². The second kappa shape index (κ2) is 6.91. The van der Waals surface area contributed by atoms with Crippen molar-refractivity contribution in [3.05, 3.63) is 35.4 Å². The molecule has 100 valence electrons. The maximum Gasteiger partial charge on any atom is 0.0244 e. The maximum atomic E-state index is 5.96. The number of unbranched alkanes of at least 4 members (excludes halogenated alkanes) is 3. The van der Waals surface area contributed by atoms with Crippen molar-refractivity contribution in [2.45, 2.75) is 58.2 Å². The van der Waals surface area contributed by atoms with E-state index in [4.69, 9.17) is 5.73 Å². The number of nitrogens with two attached hydrogens (primary N) is 1. The lowest BCUT2D eigenvalue weighted by atomic mass is 10.1. The topological polar surface area (TPSA) is 29.3 Å². The molecule has 0 bridgehead atoms. The van der Waals surface area contributed by atoms with Gasteiger partial charge in [-0.2, -0.15) is 0 Å². The second-order valence-corrected chi connectivity index (χ2v) is 5.41. The summed E-state index contributed by atoms with van der Waals surface area (Å²) in [4.78, 5) is 2.55. The van der Waals surface area contributed by atoms with Crippen LogP contribution in [0.1, 0.15) is 50.2 Å². The van der Waals surface area contributed by atoms with E-state index in [1.54, 1.807) is 0 Å². The quantitative estimate of drug-likeness (QED) is 0.748. The number of hydrogen-bond acceptors (Lipinski definition) is 2. The highest BCUT2D eigenvalue weighted by Crippen LogP contribution is 2.25. The monoisotopic (exact) mass is 246 g/mol. The number of fused-ring (bicyclic) bond motifs is 1. The molecule has 0 aromatic heterocycles. The summed E-state index contributed by atoms with van der Waals surface area (Å²) >= 11 is 0.